The fourth-order valence-corrected chi connectivity index (χ4v) is 7.09. The molecule has 7 nitrogen and oxygen atoms in total. The first-order chi connectivity index (χ1) is 11.7. The van der Waals surface area contributed by atoms with E-state index in [1.807, 2.05) is 7.05 Å². The Morgan fingerprint density at radius 1 is 1.48 bits per heavy atom. The molecule has 2 aliphatic heterocycles. The van der Waals surface area contributed by atoms with E-state index < -0.39 is 21.7 Å². The van der Waals surface area contributed by atoms with Crippen molar-refractivity contribution in [2.75, 3.05) is 19.3 Å². The van der Waals surface area contributed by atoms with Crippen LogP contribution in [0.4, 0.5) is 0 Å². The highest BCUT2D eigenvalue weighted by Gasteiger charge is 2.45. The fourth-order valence-electron chi connectivity index (χ4n) is 3.55. The smallest absolute Gasteiger partial charge is 0.217 e. The lowest BCUT2D eigenvalue weighted by Gasteiger charge is -2.47. The van der Waals surface area contributed by atoms with Crippen molar-refractivity contribution < 1.29 is 18.0 Å². The van der Waals surface area contributed by atoms with Crippen LogP contribution < -0.4 is 11.1 Å². The molecule has 0 unspecified atom stereocenters. The number of thiophene rings is 1. The summed E-state index contributed by atoms with van der Waals surface area (Å²) in [5.74, 6) is -0.306. The van der Waals surface area contributed by atoms with Gasteiger partial charge in [0.25, 0.3) is 0 Å². The molecule has 4 atom stereocenters. The number of hydrogen-bond donors (Lipinski definition) is 2. The van der Waals surface area contributed by atoms with Crippen molar-refractivity contribution in [2.45, 2.75) is 42.2 Å². The third-order valence-corrected chi connectivity index (χ3v) is 8.74. The molecule has 3 heterocycles. The number of likely N-dealkylation sites (N-methyl/N-ethyl adjacent to an activating group) is 1. The number of carbonyl (C=O) groups is 2. The van der Waals surface area contributed by atoms with Gasteiger partial charge in [-0.2, -0.15) is 0 Å². The average molecular weight is 386 g/mol. The molecule has 0 spiro atoms. The van der Waals surface area contributed by atoms with E-state index in [9.17, 15) is 18.0 Å². The van der Waals surface area contributed by atoms with Crippen LogP contribution in [0.15, 0.2) is 10.3 Å². The molecule has 138 valence electrons. The maximum atomic E-state index is 12.7. The predicted octanol–water partition coefficient (Wildman–Crippen LogP) is 0.273. The highest BCUT2D eigenvalue weighted by atomic mass is 32.2. The number of ketones is 1. The summed E-state index contributed by atoms with van der Waals surface area (Å²) in [7, 11) is -1.50. The number of nitrogens with one attached hydrogen (secondary N) is 1. The molecule has 3 N–H and O–H groups in total. The maximum absolute atomic E-state index is 12.7. The Kier molecular flexibility index (Phi) is 4.89. The van der Waals surface area contributed by atoms with E-state index in [4.69, 9.17) is 5.73 Å². The number of Topliss-reactive ketones (excluding diaryl/α,β-unsaturated/α-hetero) is 1. The minimum atomic E-state index is -3.45. The number of hydrogen-bond acceptors (Lipinski definition) is 8. The van der Waals surface area contributed by atoms with E-state index in [-0.39, 0.29) is 34.4 Å². The minimum Gasteiger partial charge on any atom is -0.317 e. The monoisotopic (exact) mass is 385 g/mol. The molecule has 0 saturated carbocycles. The molecule has 0 amide bonds. The number of nitrogens with two attached hydrogens (primary N) is 1. The van der Waals surface area contributed by atoms with Crippen molar-refractivity contribution in [3.05, 3.63) is 16.5 Å². The van der Waals surface area contributed by atoms with Crippen LogP contribution in [0.3, 0.4) is 0 Å². The van der Waals surface area contributed by atoms with Crippen molar-refractivity contribution in [1.29, 1.82) is 0 Å². The number of aldehydes is 1. The summed E-state index contributed by atoms with van der Waals surface area (Å²) in [5.41, 5.74) is 6.49. The van der Waals surface area contributed by atoms with Crippen LogP contribution >= 0.6 is 11.3 Å². The molecule has 1 fully saturated rings. The quantitative estimate of drug-likeness (QED) is 0.565. The molecular weight excluding hydrogens is 362 g/mol. The molecule has 1 aromatic rings. The van der Waals surface area contributed by atoms with Gasteiger partial charge in [-0.15, -0.1) is 11.3 Å². The highest BCUT2D eigenvalue weighted by molar-refractivity contribution is 7.93. The molecule has 0 aliphatic carbocycles. The molecule has 3 rings (SSSR count). The number of piperazine rings is 1. The molecular formula is C16H23N3O4S2. The molecule has 0 bridgehead atoms. The largest absolute Gasteiger partial charge is 0.317 e. The molecule has 0 aromatic carbocycles. The molecule has 9 heteroatoms. The van der Waals surface area contributed by atoms with Crippen molar-refractivity contribution in [3.63, 3.8) is 0 Å². The SMILES string of the molecule is CC(C)[C@H]1CN(C)[C@H]2CS(=O)(=O)c3sc([C@@H](N)C(=O)C=O)cc3[C@H]2N1. The molecule has 2 aliphatic rings. The lowest BCUT2D eigenvalue weighted by atomic mass is 9.92. The van der Waals surface area contributed by atoms with Gasteiger partial charge in [-0.1, -0.05) is 13.8 Å². The molecule has 25 heavy (non-hydrogen) atoms. The summed E-state index contributed by atoms with van der Waals surface area (Å²) in [6, 6.07) is 0.530. The lowest BCUT2D eigenvalue weighted by molar-refractivity contribution is -0.130. The zero-order valence-corrected chi connectivity index (χ0v) is 16.1. The Labute approximate surface area is 151 Å². The minimum absolute atomic E-state index is 0.0375. The zero-order valence-electron chi connectivity index (χ0n) is 14.4. The highest BCUT2D eigenvalue weighted by Crippen LogP contribution is 2.43. The Hall–Kier alpha value is -1.13. The zero-order chi connectivity index (χ0) is 18.5. The number of carbonyl (C=O) groups excluding carboxylic acids is 2. The van der Waals surface area contributed by atoms with Crippen LogP contribution in [0.25, 0.3) is 0 Å². The van der Waals surface area contributed by atoms with Gasteiger partial charge in [0.2, 0.25) is 5.78 Å². The summed E-state index contributed by atoms with van der Waals surface area (Å²) in [4.78, 5) is 24.8. The van der Waals surface area contributed by atoms with E-state index in [0.29, 0.717) is 16.4 Å². The number of nitrogens with zero attached hydrogens (tertiary/aromatic N) is 1. The number of fused-ring (bicyclic) bond motifs is 3. The standard InChI is InChI=1S/C16H23N3O4S2/c1-8(2)10-5-19(3)11-7-25(22,23)16-9(15(11)18-10)4-13(24-16)14(17)12(21)6-20/h4,6,8,10-11,14-15,18H,5,7,17H2,1-3H3/t10-,11+,14+,15-/m1/s1. The summed E-state index contributed by atoms with van der Waals surface area (Å²) in [5, 5.41) is 3.58. The van der Waals surface area contributed by atoms with E-state index >= 15 is 0 Å². The normalized spacial score (nSPS) is 29.7. The molecule has 1 saturated heterocycles. The van der Waals surface area contributed by atoms with E-state index in [1.165, 1.54) is 0 Å². The van der Waals surface area contributed by atoms with Crippen LogP contribution in [0.1, 0.15) is 36.4 Å². The number of sulfone groups is 1. The molecule has 0 radical (unpaired) electrons. The Morgan fingerprint density at radius 3 is 2.76 bits per heavy atom. The first-order valence-electron chi connectivity index (χ1n) is 8.23. The first-order valence-corrected chi connectivity index (χ1v) is 10.7. The summed E-state index contributed by atoms with van der Waals surface area (Å²) in [6.45, 7) is 5.04. The Morgan fingerprint density at radius 2 is 2.16 bits per heavy atom. The predicted molar refractivity (Wildman–Crippen MR) is 95.3 cm³/mol. The van der Waals surface area contributed by atoms with Crippen LogP contribution in [-0.2, 0) is 19.4 Å². The second-order valence-corrected chi connectivity index (χ2v) is 10.5. The van der Waals surface area contributed by atoms with Crippen LogP contribution in [0.5, 0.6) is 0 Å². The maximum Gasteiger partial charge on any atom is 0.217 e. The van der Waals surface area contributed by atoms with Crippen LogP contribution in [0, 0.1) is 5.92 Å². The van der Waals surface area contributed by atoms with Gasteiger partial charge in [-0.05, 0) is 19.0 Å². The van der Waals surface area contributed by atoms with Gasteiger partial charge in [0, 0.05) is 29.1 Å². The van der Waals surface area contributed by atoms with Gasteiger partial charge in [0.1, 0.15) is 10.3 Å². The second kappa shape index (κ2) is 6.55. The number of rotatable bonds is 4. The van der Waals surface area contributed by atoms with Gasteiger partial charge in [-0.25, -0.2) is 8.42 Å². The van der Waals surface area contributed by atoms with E-state index in [2.05, 4.69) is 24.1 Å². The van der Waals surface area contributed by atoms with Crippen LogP contribution in [-0.4, -0.2) is 56.8 Å². The summed E-state index contributed by atoms with van der Waals surface area (Å²) < 4.78 is 25.7. The first kappa shape index (κ1) is 18.7. The lowest BCUT2D eigenvalue weighted by Crippen LogP contribution is -2.61. The topological polar surface area (TPSA) is 110 Å². The summed E-state index contributed by atoms with van der Waals surface area (Å²) >= 11 is 1.01. The van der Waals surface area contributed by atoms with Crippen molar-refractivity contribution in [2.24, 2.45) is 11.7 Å². The van der Waals surface area contributed by atoms with E-state index in [0.717, 1.165) is 17.9 Å². The van der Waals surface area contributed by atoms with Crippen molar-refractivity contribution >= 4 is 33.2 Å². The third kappa shape index (κ3) is 3.19. The van der Waals surface area contributed by atoms with Gasteiger partial charge in [0.15, 0.2) is 16.1 Å². The fraction of sp³-hybridized carbons (Fsp3) is 0.625. The van der Waals surface area contributed by atoms with Gasteiger partial charge >= 0.3 is 0 Å². The van der Waals surface area contributed by atoms with Gasteiger partial charge < -0.3 is 11.1 Å². The van der Waals surface area contributed by atoms with Crippen LogP contribution in [0.2, 0.25) is 0 Å². The van der Waals surface area contributed by atoms with E-state index in [1.54, 1.807) is 6.07 Å². The Bertz CT molecular complexity index is 802. The second-order valence-electron chi connectivity index (χ2n) is 7.17. The van der Waals surface area contributed by atoms with Crippen molar-refractivity contribution in [3.8, 4) is 0 Å². The summed E-state index contributed by atoms with van der Waals surface area (Å²) in [6.07, 6.45) is 0.183. The Balaban J connectivity index is 2.06. The van der Waals surface area contributed by atoms with Gasteiger partial charge in [0.05, 0.1) is 11.8 Å². The molecule has 1 aromatic heterocycles. The third-order valence-electron chi connectivity index (χ3n) is 5.11. The average Bonchev–Trinajstić information content (AvgIpc) is 3.00. The van der Waals surface area contributed by atoms with Crippen molar-refractivity contribution in [1.82, 2.24) is 10.2 Å². The van der Waals surface area contributed by atoms with Gasteiger partial charge in [-0.3, -0.25) is 14.5 Å².